The SMILES string of the molecule is COc1cccc(F)c1CNC(=O)C1(C)COc2c(oc3cc(C(=O)NC4CCC4)ccc23)C(=O)N1[C@H]1C[C@@H](OC)C1. The molecule has 1 unspecified atom stereocenters. The van der Waals surface area contributed by atoms with E-state index in [2.05, 4.69) is 10.6 Å². The molecular formula is C31H34FN3O7. The van der Waals surface area contributed by atoms with Gasteiger partial charge in [-0.25, -0.2) is 4.39 Å². The maximum Gasteiger partial charge on any atom is 0.294 e. The third kappa shape index (κ3) is 4.75. The van der Waals surface area contributed by atoms with Gasteiger partial charge in [0.05, 0.1) is 18.6 Å². The Hall–Kier alpha value is -4.12. The summed E-state index contributed by atoms with van der Waals surface area (Å²) in [7, 11) is 3.04. The first kappa shape index (κ1) is 28.0. The summed E-state index contributed by atoms with van der Waals surface area (Å²) in [6.07, 6.45) is 4.05. The van der Waals surface area contributed by atoms with Crippen LogP contribution in [0.25, 0.3) is 11.0 Å². The molecule has 0 spiro atoms. The van der Waals surface area contributed by atoms with Crippen LogP contribution in [0.3, 0.4) is 0 Å². The van der Waals surface area contributed by atoms with Crippen LogP contribution in [-0.2, 0) is 16.1 Å². The molecule has 222 valence electrons. The van der Waals surface area contributed by atoms with Crippen molar-refractivity contribution in [2.24, 2.45) is 0 Å². The van der Waals surface area contributed by atoms with Crippen LogP contribution in [-0.4, -0.2) is 67.2 Å². The van der Waals surface area contributed by atoms with E-state index in [0.29, 0.717) is 35.1 Å². The quantitative estimate of drug-likeness (QED) is 0.415. The zero-order chi connectivity index (χ0) is 29.6. The van der Waals surface area contributed by atoms with Crippen molar-refractivity contribution >= 4 is 28.7 Å². The van der Waals surface area contributed by atoms with Gasteiger partial charge in [0.15, 0.2) is 11.3 Å². The molecule has 1 atom stereocenters. The number of ether oxygens (including phenoxy) is 3. The summed E-state index contributed by atoms with van der Waals surface area (Å²) in [6, 6.07) is 9.28. The van der Waals surface area contributed by atoms with Crippen LogP contribution >= 0.6 is 0 Å². The van der Waals surface area contributed by atoms with Crippen molar-refractivity contribution < 1.29 is 37.4 Å². The number of methoxy groups -OCH3 is 2. The lowest BCUT2D eigenvalue weighted by Gasteiger charge is -2.48. The topological polar surface area (TPSA) is 119 Å². The number of furan rings is 1. The Morgan fingerprint density at radius 3 is 2.64 bits per heavy atom. The number of hydrogen-bond acceptors (Lipinski definition) is 7. The molecule has 2 heterocycles. The van der Waals surface area contributed by atoms with Gasteiger partial charge in [0, 0.05) is 36.9 Å². The summed E-state index contributed by atoms with van der Waals surface area (Å²) >= 11 is 0. The van der Waals surface area contributed by atoms with Crippen LogP contribution in [0, 0.1) is 5.82 Å². The number of rotatable bonds is 8. The summed E-state index contributed by atoms with van der Waals surface area (Å²) < 4.78 is 37.5. The van der Waals surface area contributed by atoms with Gasteiger partial charge in [0.2, 0.25) is 11.7 Å². The highest BCUT2D eigenvalue weighted by Crippen LogP contribution is 2.42. The van der Waals surface area contributed by atoms with Gasteiger partial charge >= 0.3 is 0 Å². The molecule has 42 heavy (non-hydrogen) atoms. The number of benzene rings is 2. The normalized spacial score (nSPS) is 23.7. The molecular weight excluding hydrogens is 545 g/mol. The maximum absolute atomic E-state index is 14.6. The monoisotopic (exact) mass is 579 g/mol. The van der Waals surface area contributed by atoms with E-state index < -0.39 is 23.2 Å². The number of halogens is 1. The zero-order valence-electron chi connectivity index (χ0n) is 23.8. The fourth-order valence-corrected chi connectivity index (χ4v) is 5.88. The molecule has 1 aromatic heterocycles. The molecule has 3 aliphatic rings. The molecule has 2 N–H and O–H groups in total. The molecule has 0 saturated heterocycles. The number of carbonyl (C=O) groups excluding carboxylic acids is 3. The van der Waals surface area contributed by atoms with Gasteiger partial charge in [-0.05, 0) is 69.4 Å². The zero-order valence-corrected chi connectivity index (χ0v) is 23.8. The molecule has 0 bridgehead atoms. The second-order valence-electron chi connectivity index (χ2n) is 11.4. The van der Waals surface area contributed by atoms with E-state index in [1.807, 2.05) is 0 Å². The minimum absolute atomic E-state index is 0.0327. The van der Waals surface area contributed by atoms with Gasteiger partial charge < -0.3 is 34.2 Å². The van der Waals surface area contributed by atoms with E-state index in [0.717, 1.165) is 19.3 Å². The van der Waals surface area contributed by atoms with Crippen molar-refractivity contribution in [3.8, 4) is 11.5 Å². The predicted molar refractivity (Wildman–Crippen MR) is 150 cm³/mol. The first-order valence-electron chi connectivity index (χ1n) is 14.2. The Labute approximate surface area is 242 Å². The Morgan fingerprint density at radius 2 is 1.95 bits per heavy atom. The van der Waals surface area contributed by atoms with Crippen molar-refractivity contribution in [3.05, 3.63) is 59.1 Å². The van der Waals surface area contributed by atoms with Crippen LogP contribution in [0.2, 0.25) is 0 Å². The second-order valence-corrected chi connectivity index (χ2v) is 11.4. The standard InChI is InChI=1S/C31H34FN3O7/c1-31(30(38)33-15-22-23(32)8-5-9-24(22)40-3)16-41-26-21-11-10-17(28(36)34-18-6-4-7-18)12-25(21)42-27(26)29(37)35(31)19-13-20(14-19)39-2/h5,8-12,18-20H,4,6-7,13-16H2,1-3H3,(H,33,38)(H,34,36)/t19-,20+,31?. The smallest absolute Gasteiger partial charge is 0.294 e. The van der Waals surface area contributed by atoms with Gasteiger partial charge in [0.1, 0.15) is 23.8 Å². The van der Waals surface area contributed by atoms with Gasteiger partial charge in [-0.1, -0.05) is 6.07 Å². The molecule has 2 aromatic carbocycles. The van der Waals surface area contributed by atoms with Crippen LogP contribution in [0.15, 0.2) is 40.8 Å². The predicted octanol–water partition coefficient (Wildman–Crippen LogP) is 3.95. The molecule has 6 rings (SSSR count). The second kappa shape index (κ2) is 10.9. The highest BCUT2D eigenvalue weighted by atomic mass is 19.1. The summed E-state index contributed by atoms with van der Waals surface area (Å²) in [4.78, 5) is 42.2. The summed E-state index contributed by atoms with van der Waals surface area (Å²) in [6.45, 7) is 1.32. The van der Waals surface area contributed by atoms with E-state index in [4.69, 9.17) is 18.6 Å². The average molecular weight is 580 g/mol. The fraction of sp³-hybridized carbons (Fsp3) is 0.452. The third-order valence-electron chi connectivity index (χ3n) is 8.77. The number of amides is 3. The molecule has 0 radical (unpaired) electrons. The maximum atomic E-state index is 14.6. The van der Waals surface area contributed by atoms with E-state index >= 15 is 0 Å². The Morgan fingerprint density at radius 1 is 1.17 bits per heavy atom. The minimum atomic E-state index is -1.45. The average Bonchev–Trinajstić information content (AvgIpc) is 3.27. The van der Waals surface area contributed by atoms with E-state index in [-0.39, 0.29) is 54.3 Å². The summed E-state index contributed by atoms with van der Waals surface area (Å²) in [5.41, 5.74) is -0.479. The Balaban J connectivity index is 1.30. The van der Waals surface area contributed by atoms with Crippen molar-refractivity contribution in [2.45, 2.75) is 69.3 Å². The lowest BCUT2D eigenvalue weighted by molar-refractivity contribution is -0.138. The first-order valence-corrected chi connectivity index (χ1v) is 14.2. The number of fused-ring (bicyclic) bond motifs is 3. The van der Waals surface area contributed by atoms with E-state index in [9.17, 15) is 18.8 Å². The van der Waals surface area contributed by atoms with Gasteiger partial charge in [-0.2, -0.15) is 0 Å². The largest absolute Gasteiger partial charge is 0.496 e. The lowest BCUT2D eigenvalue weighted by atomic mass is 9.83. The molecule has 11 heteroatoms. The lowest BCUT2D eigenvalue weighted by Crippen LogP contribution is -2.66. The fourth-order valence-electron chi connectivity index (χ4n) is 5.88. The number of nitrogens with zero attached hydrogens (tertiary/aromatic N) is 1. The van der Waals surface area contributed by atoms with Crippen LogP contribution in [0.5, 0.6) is 11.5 Å². The van der Waals surface area contributed by atoms with Crippen molar-refractivity contribution in [2.75, 3.05) is 20.8 Å². The van der Waals surface area contributed by atoms with E-state index in [1.165, 1.54) is 24.1 Å². The Bertz CT molecular complexity index is 1540. The number of nitrogens with one attached hydrogen (secondary N) is 2. The van der Waals surface area contributed by atoms with Gasteiger partial charge in [0.25, 0.3) is 11.8 Å². The highest BCUT2D eigenvalue weighted by Gasteiger charge is 2.53. The summed E-state index contributed by atoms with van der Waals surface area (Å²) in [5.74, 6) is -1.23. The number of carbonyl (C=O) groups is 3. The number of hydrogen-bond donors (Lipinski definition) is 2. The first-order chi connectivity index (χ1) is 20.2. The van der Waals surface area contributed by atoms with Crippen LogP contribution in [0.1, 0.15) is 65.5 Å². The van der Waals surface area contributed by atoms with Crippen molar-refractivity contribution in [1.29, 1.82) is 0 Å². The van der Waals surface area contributed by atoms with Gasteiger partial charge in [-0.15, -0.1) is 0 Å². The van der Waals surface area contributed by atoms with Crippen molar-refractivity contribution in [3.63, 3.8) is 0 Å². The van der Waals surface area contributed by atoms with Gasteiger partial charge in [-0.3, -0.25) is 14.4 Å². The highest BCUT2D eigenvalue weighted by molar-refractivity contribution is 6.06. The van der Waals surface area contributed by atoms with Crippen LogP contribution in [0.4, 0.5) is 4.39 Å². The molecule has 2 saturated carbocycles. The molecule has 2 fully saturated rings. The van der Waals surface area contributed by atoms with E-state index in [1.54, 1.807) is 38.3 Å². The third-order valence-corrected chi connectivity index (χ3v) is 8.77. The molecule has 1 aliphatic heterocycles. The molecule has 2 aliphatic carbocycles. The minimum Gasteiger partial charge on any atom is -0.496 e. The molecule has 10 nitrogen and oxygen atoms in total. The molecule has 3 aromatic rings. The Kier molecular flexibility index (Phi) is 7.30. The van der Waals surface area contributed by atoms with Crippen molar-refractivity contribution in [1.82, 2.24) is 15.5 Å². The summed E-state index contributed by atoms with van der Waals surface area (Å²) in [5, 5.41) is 6.33. The molecule has 3 amide bonds. The van der Waals surface area contributed by atoms with Crippen LogP contribution < -0.4 is 20.1 Å².